The highest BCUT2D eigenvalue weighted by molar-refractivity contribution is 5.94. The second kappa shape index (κ2) is 5.12. The van der Waals surface area contributed by atoms with Crippen LogP contribution < -0.4 is 10.1 Å². The van der Waals surface area contributed by atoms with Gasteiger partial charge in [0.2, 0.25) is 0 Å². The van der Waals surface area contributed by atoms with E-state index in [1.807, 2.05) is 34.6 Å². The number of rotatable bonds is 3. The highest BCUT2D eigenvalue weighted by atomic mass is 16.5. The molecule has 0 saturated carbocycles. The van der Waals surface area contributed by atoms with E-state index in [-0.39, 0.29) is 23.6 Å². The molecule has 0 bridgehead atoms. The third-order valence-corrected chi connectivity index (χ3v) is 1.72. The number of nitrogens with one attached hydrogen (secondary N) is 1. The van der Waals surface area contributed by atoms with Crippen LogP contribution in [0.25, 0.3) is 0 Å². The number of hydrogen-bond acceptors (Lipinski definition) is 4. The topological polar surface area (TPSA) is 64.1 Å². The van der Waals surface area contributed by atoms with Crippen LogP contribution >= 0.6 is 0 Å². The molecular weight excluding hydrogens is 218 g/mol. The summed E-state index contributed by atoms with van der Waals surface area (Å²) in [4.78, 5) is 19.7. The Morgan fingerprint density at radius 3 is 2.24 bits per heavy atom. The lowest BCUT2D eigenvalue weighted by Crippen LogP contribution is -2.40. The average Bonchev–Trinajstić information content (AvgIpc) is 2.15. The van der Waals surface area contributed by atoms with Crippen molar-refractivity contribution in [1.82, 2.24) is 15.3 Å². The van der Waals surface area contributed by atoms with Crippen LogP contribution in [-0.2, 0) is 0 Å². The molecule has 0 fully saturated rings. The number of amides is 1. The SMILES string of the molecule is CC(C)Oc1ncc(C(=O)NC(C)(C)C)cn1. The van der Waals surface area contributed by atoms with Gasteiger partial charge in [-0.15, -0.1) is 0 Å². The third-order valence-electron chi connectivity index (χ3n) is 1.72. The largest absolute Gasteiger partial charge is 0.461 e. The zero-order valence-electron chi connectivity index (χ0n) is 10.9. The highest BCUT2D eigenvalue weighted by Gasteiger charge is 2.16. The Bertz CT molecular complexity index is 380. The minimum atomic E-state index is -0.274. The zero-order valence-corrected chi connectivity index (χ0v) is 10.9. The van der Waals surface area contributed by atoms with Crippen LogP contribution in [0.2, 0.25) is 0 Å². The molecule has 94 valence electrons. The molecule has 1 aromatic rings. The predicted octanol–water partition coefficient (Wildman–Crippen LogP) is 1.79. The average molecular weight is 237 g/mol. The van der Waals surface area contributed by atoms with Gasteiger partial charge in [-0.3, -0.25) is 4.79 Å². The Hall–Kier alpha value is -1.65. The van der Waals surface area contributed by atoms with Crippen molar-refractivity contribution in [3.05, 3.63) is 18.0 Å². The first-order chi connectivity index (χ1) is 7.78. The molecule has 0 aliphatic carbocycles. The Labute approximate surface area is 102 Å². The van der Waals surface area contributed by atoms with Gasteiger partial charge in [0, 0.05) is 17.9 Å². The molecule has 1 aromatic heterocycles. The number of ether oxygens (including phenoxy) is 1. The van der Waals surface area contributed by atoms with Crippen LogP contribution in [-0.4, -0.2) is 27.5 Å². The summed E-state index contributed by atoms with van der Waals surface area (Å²) in [7, 11) is 0. The molecule has 1 amide bonds. The van der Waals surface area contributed by atoms with Crippen molar-refractivity contribution in [1.29, 1.82) is 0 Å². The van der Waals surface area contributed by atoms with E-state index in [1.54, 1.807) is 0 Å². The lowest BCUT2D eigenvalue weighted by atomic mass is 10.1. The molecule has 0 aromatic carbocycles. The fourth-order valence-electron chi connectivity index (χ4n) is 1.12. The van der Waals surface area contributed by atoms with Gasteiger partial charge in [-0.05, 0) is 34.6 Å². The first-order valence-electron chi connectivity index (χ1n) is 5.59. The molecule has 1 heterocycles. The minimum absolute atomic E-state index is 0.0178. The van der Waals surface area contributed by atoms with E-state index in [4.69, 9.17) is 4.74 Å². The van der Waals surface area contributed by atoms with Crippen molar-refractivity contribution in [2.45, 2.75) is 46.3 Å². The molecule has 0 aliphatic heterocycles. The fraction of sp³-hybridized carbons (Fsp3) is 0.583. The summed E-state index contributed by atoms with van der Waals surface area (Å²) in [5.41, 5.74) is 0.153. The Morgan fingerprint density at radius 1 is 1.29 bits per heavy atom. The van der Waals surface area contributed by atoms with E-state index in [9.17, 15) is 4.79 Å². The molecule has 0 radical (unpaired) electrons. The maximum atomic E-state index is 11.8. The summed E-state index contributed by atoms with van der Waals surface area (Å²) in [5.74, 6) is -0.186. The van der Waals surface area contributed by atoms with Gasteiger partial charge in [0.15, 0.2) is 0 Å². The number of carbonyl (C=O) groups is 1. The van der Waals surface area contributed by atoms with Crippen molar-refractivity contribution >= 4 is 5.91 Å². The van der Waals surface area contributed by atoms with Gasteiger partial charge in [-0.2, -0.15) is 0 Å². The van der Waals surface area contributed by atoms with Gasteiger partial charge in [0.1, 0.15) is 0 Å². The first kappa shape index (κ1) is 13.4. The van der Waals surface area contributed by atoms with Gasteiger partial charge in [0.05, 0.1) is 11.7 Å². The van der Waals surface area contributed by atoms with Crippen LogP contribution in [0.4, 0.5) is 0 Å². The van der Waals surface area contributed by atoms with Crippen molar-refractivity contribution in [2.24, 2.45) is 0 Å². The summed E-state index contributed by atoms with van der Waals surface area (Å²) in [6.45, 7) is 9.54. The standard InChI is InChI=1S/C12H19N3O2/c1-8(2)17-11-13-6-9(7-14-11)10(16)15-12(3,4)5/h6-8H,1-5H3,(H,15,16). The predicted molar refractivity (Wildman–Crippen MR) is 65.0 cm³/mol. The Balaban J connectivity index is 2.71. The minimum Gasteiger partial charge on any atom is -0.461 e. The smallest absolute Gasteiger partial charge is 0.316 e. The second-order valence-corrected chi connectivity index (χ2v) is 5.13. The molecule has 1 N–H and O–H groups in total. The van der Waals surface area contributed by atoms with Gasteiger partial charge in [-0.1, -0.05) is 0 Å². The molecule has 1 rings (SSSR count). The van der Waals surface area contributed by atoms with E-state index in [1.165, 1.54) is 12.4 Å². The van der Waals surface area contributed by atoms with Crippen molar-refractivity contribution in [3.63, 3.8) is 0 Å². The normalized spacial score (nSPS) is 11.4. The maximum Gasteiger partial charge on any atom is 0.316 e. The molecule has 5 heteroatoms. The summed E-state index contributed by atoms with van der Waals surface area (Å²) in [6.07, 6.45) is 2.95. The van der Waals surface area contributed by atoms with Crippen molar-refractivity contribution in [2.75, 3.05) is 0 Å². The first-order valence-corrected chi connectivity index (χ1v) is 5.59. The molecule has 0 atom stereocenters. The van der Waals surface area contributed by atoms with Crippen LogP contribution in [0.5, 0.6) is 6.01 Å². The lowest BCUT2D eigenvalue weighted by molar-refractivity contribution is 0.0918. The third kappa shape index (κ3) is 4.80. The molecule has 0 aliphatic rings. The molecule has 5 nitrogen and oxygen atoms in total. The molecule has 0 unspecified atom stereocenters. The fourth-order valence-corrected chi connectivity index (χ4v) is 1.12. The van der Waals surface area contributed by atoms with Crippen LogP contribution in [0.1, 0.15) is 45.0 Å². The van der Waals surface area contributed by atoms with Crippen LogP contribution in [0.3, 0.4) is 0 Å². The molecule has 0 saturated heterocycles. The Kier molecular flexibility index (Phi) is 4.04. The van der Waals surface area contributed by atoms with E-state index >= 15 is 0 Å². The summed E-state index contributed by atoms with van der Waals surface area (Å²) >= 11 is 0. The van der Waals surface area contributed by atoms with Gasteiger partial charge >= 0.3 is 6.01 Å². The van der Waals surface area contributed by atoms with Crippen molar-refractivity contribution < 1.29 is 9.53 Å². The summed E-state index contributed by atoms with van der Waals surface area (Å²) < 4.78 is 5.30. The van der Waals surface area contributed by atoms with Gasteiger partial charge < -0.3 is 10.1 Å². The van der Waals surface area contributed by atoms with E-state index < -0.39 is 0 Å². The lowest BCUT2D eigenvalue weighted by Gasteiger charge is -2.20. The second-order valence-electron chi connectivity index (χ2n) is 5.13. The van der Waals surface area contributed by atoms with E-state index in [0.29, 0.717) is 5.56 Å². The quantitative estimate of drug-likeness (QED) is 0.870. The summed E-state index contributed by atoms with van der Waals surface area (Å²) in [6, 6.07) is 0.285. The number of aromatic nitrogens is 2. The molecule has 17 heavy (non-hydrogen) atoms. The van der Waals surface area contributed by atoms with Crippen LogP contribution in [0.15, 0.2) is 12.4 Å². The summed E-state index contributed by atoms with van der Waals surface area (Å²) in [5, 5.41) is 2.84. The van der Waals surface area contributed by atoms with Gasteiger partial charge in [-0.25, -0.2) is 9.97 Å². The van der Waals surface area contributed by atoms with Crippen LogP contribution in [0, 0.1) is 0 Å². The van der Waals surface area contributed by atoms with E-state index in [2.05, 4.69) is 15.3 Å². The zero-order chi connectivity index (χ0) is 13.1. The number of hydrogen-bond donors (Lipinski definition) is 1. The number of nitrogens with zero attached hydrogens (tertiary/aromatic N) is 2. The van der Waals surface area contributed by atoms with Crippen molar-refractivity contribution in [3.8, 4) is 6.01 Å². The highest BCUT2D eigenvalue weighted by Crippen LogP contribution is 2.07. The van der Waals surface area contributed by atoms with E-state index in [0.717, 1.165) is 0 Å². The van der Waals surface area contributed by atoms with Gasteiger partial charge in [0.25, 0.3) is 5.91 Å². The number of carbonyl (C=O) groups excluding carboxylic acids is 1. The monoisotopic (exact) mass is 237 g/mol. The Morgan fingerprint density at radius 2 is 1.82 bits per heavy atom. The molecule has 0 spiro atoms. The molecular formula is C12H19N3O2. The maximum absolute atomic E-state index is 11.8.